The molecule has 2 heterocycles. The predicted molar refractivity (Wildman–Crippen MR) is 113 cm³/mol. The molecule has 3 aromatic rings. The minimum atomic E-state index is -0.182. The van der Waals surface area contributed by atoms with Gasteiger partial charge in [0.25, 0.3) is 5.56 Å². The highest BCUT2D eigenvalue weighted by Crippen LogP contribution is 2.24. The summed E-state index contributed by atoms with van der Waals surface area (Å²) in [6.07, 6.45) is 3.51. The van der Waals surface area contributed by atoms with E-state index in [-0.39, 0.29) is 17.2 Å². The molecule has 0 bridgehead atoms. The maximum atomic E-state index is 12.8. The van der Waals surface area contributed by atoms with Crippen molar-refractivity contribution >= 4 is 46.0 Å². The fraction of sp³-hybridized carbons (Fsp3) is 0.368. The number of hydrogen-bond donors (Lipinski definition) is 1. The van der Waals surface area contributed by atoms with Crippen LogP contribution in [0.4, 0.5) is 5.69 Å². The highest BCUT2D eigenvalue weighted by molar-refractivity contribution is 7.99. The number of carbonyl (C=O) groups is 1. The first kappa shape index (κ1) is 20.4. The molecule has 0 saturated heterocycles. The van der Waals surface area contributed by atoms with Crippen molar-refractivity contribution in [2.24, 2.45) is 7.05 Å². The molecular formula is C19H22ClN5O2S. The Balaban J connectivity index is 1.81. The molecule has 0 aliphatic rings. The first-order valence-corrected chi connectivity index (χ1v) is 10.4. The minimum absolute atomic E-state index is 0.135. The van der Waals surface area contributed by atoms with E-state index in [0.29, 0.717) is 33.4 Å². The number of unbranched alkanes of at least 4 members (excludes halogenated alkanes) is 1. The molecule has 0 radical (unpaired) electrons. The van der Waals surface area contributed by atoms with E-state index >= 15 is 0 Å². The Labute approximate surface area is 172 Å². The van der Waals surface area contributed by atoms with Gasteiger partial charge in [-0.05, 0) is 31.0 Å². The summed E-state index contributed by atoms with van der Waals surface area (Å²) in [5.41, 5.74) is 2.21. The van der Waals surface area contributed by atoms with E-state index in [1.165, 1.54) is 11.8 Å². The van der Waals surface area contributed by atoms with Gasteiger partial charge in [0.05, 0.1) is 11.9 Å². The molecular weight excluding hydrogens is 398 g/mol. The molecule has 1 aromatic carbocycles. The molecule has 7 nitrogen and oxygen atoms in total. The average molecular weight is 420 g/mol. The largest absolute Gasteiger partial charge is 0.325 e. The molecule has 0 aliphatic carbocycles. The van der Waals surface area contributed by atoms with Gasteiger partial charge >= 0.3 is 0 Å². The van der Waals surface area contributed by atoms with Gasteiger partial charge in [0, 0.05) is 24.3 Å². The van der Waals surface area contributed by atoms with Gasteiger partial charge in [-0.1, -0.05) is 42.8 Å². The molecule has 0 atom stereocenters. The van der Waals surface area contributed by atoms with E-state index < -0.39 is 0 Å². The quantitative estimate of drug-likeness (QED) is 0.467. The lowest BCUT2D eigenvalue weighted by molar-refractivity contribution is -0.113. The lowest BCUT2D eigenvalue weighted by Gasteiger charge is -2.12. The number of amides is 1. The number of nitrogens with one attached hydrogen (secondary N) is 1. The van der Waals surface area contributed by atoms with Crippen molar-refractivity contribution in [3.05, 3.63) is 45.3 Å². The highest BCUT2D eigenvalue weighted by Gasteiger charge is 2.16. The van der Waals surface area contributed by atoms with Crippen LogP contribution in [0.25, 0.3) is 11.0 Å². The Morgan fingerprint density at radius 3 is 2.89 bits per heavy atom. The summed E-state index contributed by atoms with van der Waals surface area (Å²) in [4.78, 5) is 29.8. The predicted octanol–water partition coefficient (Wildman–Crippen LogP) is 3.62. The molecule has 148 valence electrons. The number of thioether (sulfide) groups is 1. The number of hydrogen-bond acceptors (Lipinski definition) is 5. The van der Waals surface area contributed by atoms with Gasteiger partial charge < -0.3 is 5.32 Å². The second-order valence-corrected chi connectivity index (χ2v) is 7.84. The Morgan fingerprint density at radius 1 is 1.36 bits per heavy atom. The minimum Gasteiger partial charge on any atom is -0.325 e. The number of fused-ring (bicyclic) bond motifs is 1. The Kier molecular flexibility index (Phi) is 6.41. The van der Waals surface area contributed by atoms with Crippen LogP contribution in [0.3, 0.4) is 0 Å². The Bertz CT molecular complexity index is 1080. The van der Waals surface area contributed by atoms with Crippen LogP contribution in [0, 0.1) is 6.92 Å². The Morgan fingerprint density at radius 2 is 2.14 bits per heavy atom. The summed E-state index contributed by atoms with van der Waals surface area (Å²) in [6, 6.07) is 5.38. The summed E-state index contributed by atoms with van der Waals surface area (Å²) in [6.45, 7) is 4.46. The summed E-state index contributed by atoms with van der Waals surface area (Å²) in [7, 11) is 1.76. The zero-order chi connectivity index (χ0) is 20.3. The number of halogens is 1. The van der Waals surface area contributed by atoms with Gasteiger partial charge in [-0.2, -0.15) is 5.10 Å². The molecule has 2 aromatic heterocycles. The van der Waals surface area contributed by atoms with Crippen LogP contribution < -0.4 is 10.9 Å². The first-order valence-electron chi connectivity index (χ1n) is 9.02. The van der Waals surface area contributed by atoms with Crippen LogP contribution >= 0.6 is 23.4 Å². The second-order valence-electron chi connectivity index (χ2n) is 6.49. The molecule has 0 fully saturated rings. The molecule has 3 rings (SSSR count). The third-order valence-corrected chi connectivity index (χ3v) is 5.70. The second kappa shape index (κ2) is 8.79. The Hall–Kier alpha value is -2.32. The number of rotatable bonds is 7. The molecule has 1 amide bonds. The average Bonchev–Trinajstić information content (AvgIpc) is 3.04. The van der Waals surface area contributed by atoms with Gasteiger partial charge in [-0.3, -0.25) is 18.8 Å². The number of nitrogens with zero attached hydrogens (tertiary/aromatic N) is 4. The smallest absolute Gasteiger partial charge is 0.282 e. The molecule has 0 saturated carbocycles. The van der Waals surface area contributed by atoms with Gasteiger partial charge in [-0.15, -0.1) is 0 Å². The monoisotopic (exact) mass is 419 g/mol. The summed E-state index contributed by atoms with van der Waals surface area (Å²) < 4.78 is 3.19. The lowest BCUT2D eigenvalue weighted by Crippen LogP contribution is -2.24. The van der Waals surface area contributed by atoms with E-state index in [4.69, 9.17) is 11.6 Å². The third kappa shape index (κ3) is 4.39. The van der Waals surface area contributed by atoms with Crippen LogP contribution in [0.15, 0.2) is 34.3 Å². The van der Waals surface area contributed by atoms with E-state index in [9.17, 15) is 9.59 Å². The van der Waals surface area contributed by atoms with Crippen LogP contribution in [0.1, 0.15) is 25.3 Å². The van der Waals surface area contributed by atoms with E-state index in [2.05, 4.69) is 22.3 Å². The van der Waals surface area contributed by atoms with Crippen LogP contribution in [-0.4, -0.2) is 31.0 Å². The lowest BCUT2D eigenvalue weighted by atomic mass is 10.2. The molecule has 9 heteroatoms. The standard InChI is InChI=1S/C19H22ClN5O2S/c1-4-5-9-25-18(27)17-15(10-24(3)23-17)22-19(25)28-11-16(26)21-14-8-6-7-13(20)12(14)2/h6-8,10H,4-5,9,11H2,1-3H3,(H,21,26). The highest BCUT2D eigenvalue weighted by atomic mass is 35.5. The van der Waals surface area contributed by atoms with Crippen LogP contribution in [0.2, 0.25) is 5.02 Å². The van der Waals surface area contributed by atoms with Crippen molar-refractivity contribution in [3.63, 3.8) is 0 Å². The number of benzene rings is 1. The molecule has 1 N–H and O–H groups in total. The van der Waals surface area contributed by atoms with E-state index in [1.807, 2.05) is 6.92 Å². The number of carbonyl (C=O) groups excluding carboxylic acids is 1. The van der Waals surface area contributed by atoms with Gasteiger partial charge in [0.15, 0.2) is 10.7 Å². The van der Waals surface area contributed by atoms with Gasteiger partial charge in [0.1, 0.15) is 5.52 Å². The number of anilines is 1. The van der Waals surface area contributed by atoms with Gasteiger partial charge in [-0.25, -0.2) is 4.98 Å². The van der Waals surface area contributed by atoms with Crippen LogP contribution in [-0.2, 0) is 18.4 Å². The zero-order valence-electron chi connectivity index (χ0n) is 16.0. The van der Waals surface area contributed by atoms with Crippen molar-refractivity contribution in [2.45, 2.75) is 38.4 Å². The number of aryl methyl sites for hydroxylation is 1. The first-order chi connectivity index (χ1) is 13.4. The molecule has 0 spiro atoms. The zero-order valence-corrected chi connectivity index (χ0v) is 17.6. The summed E-state index contributed by atoms with van der Waals surface area (Å²) in [5, 5.41) is 8.20. The van der Waals surface area contributed by atoms with Crippen molar-refractivity contribution in [1.82, 2.24) is 19.3 Å². The maximum absolute atomic E-state index is 12.8. The SMILES string of the molecule is CCCCn1c(SCC(=O)Nc2cccc(Cl)c2C)nc2cn(C)nc2c1=O. The normalized spacial score (nSPS) is 11.1. The van der Waals surface area contributed by atoms with Gasteiger partial charge in [0.2, 0.25) is 5.91 Å². The van der Waals surface area contributed by atoms with Crippen LogP contribution in [0.5, 0.6) is 0 Å². The van der Waals surface area contributed by atoms with Crippen molar-refractivity contribution in [1.29, 1.82) is 0 Å². The summed E-state index contributed by atoms with van der Waals surface area (Å²) >= 11 is 7.34. The number of aromatic nitrogens is 4. The topological polar surface area (TPSA) is 81.8 Å². The third-order valence-electron chi connectivity index (χ3n) is 4.31. The maximum Gasteiger partial charge on any atom is 0.282 e. The summed E-state index contributed by atoms with van der Waals surface area (Å²) in [5.74, 6) is -0.0473. The fourth-order valence-electron chi connectivity index (χ4n) is 2.77. The van der Waals surface area contributed by atoms with Crippen molar-refractivity contribution < 1.29 is 4.79 Å². The molecule has 28 heavy (non-hydrogen) atoms. The van der Waals surface area contributed by atoms with E-state index in [1.54, 1.807) is 40.7 Å². The van der Waals surface area contributed by atoms with E-state index in [0.717, 1.165) is 18.4 Å². The van der Waals surface area contributed by atoms with Crippen molar-refractivity contribution in [3.8, 4) is 0 Å². The molecule has 0 unspecified atom stereocenters. The fourth-order valence-corrected chi connectivity index (χ4v) is 3.77. The van der Waals surface area contributed by atoms with Crippen molar-refractivity contribution in [2.75, 3.05) is 11.1 Å². The molecule has 0 aliphatic heterocycles.